The van der Waals surface area contributed by atoms with E-state index in [1.165, 1.54) is 11.8 Å². The van der Waals surface area contributed by atoms with Crippen molar-refractivity contribution in [3.05, 3.63) is 24.2 Å². The number of pyridine rings is 1. The second-order valence-corrected chi connectivity index (χ2v) is 12.0. The molecule has 4 aliphatic heterocycles. The third-order valence-corrected chi connectivity index (χ3v) is 9.58. The van der Waals surface area contributed by atoms with Gasteiger partial charge in [0, 0.05) is 44.4 Å². The molecule has 6 rings (SSSR count). The van der Waals surface area contributed by atoms with Crippen molar-refractivity contribution in [3.8, 4) is 5.75 Å². The van der Waals surface area contributed by atoms with E-state index in [-0.39, 0.29) is 36.3 Å². The maximum atomic E-state index is 10.2. The van der Waals surface area contributed by atoms with Gasteiger partial charge in [-0.2, -0.15) is 0 Å². The Labute approximate surface area is 233 Å². The molecule has 0 saturated carbocycles. The molecular formula is C27H38N6O5S. The van der Waals surface area contributed by atoms with Crippen molar-refractivity contribution >= 4 is 23.4 Å². The number of aromatic nitrogens is 3. The molecule has 4 atom stereocenters. The van der Waals surface area contributed by atoms with Crippen molar-refractivity contribution in [1.82, 2.24) is 15.0 Å². The quantitative estimate of drug-likeness (QED) is 0.459. The fourth-order valence-electron chi connectivity index (χ4n) is 6.30. The second kappa shape index (κ2) is 11.3. The predicted octanol–water partition coefficient (Wildman–Crippen LogP) is 1.85. The van der Waals surface area contributed by atoms with Crippen LogP contribution in [0.15, 0.2) is 28.4 Å². The Bertz CT molecular complexity index is 1170. The summed E-state index contributed by atoms with van der Waals surface area (Å²) in [6, 6.07) is 2.24. The maximum absolute atomic E-state index is 10.2. The number of anilines is 2. The fraction of sp³-hybridized carbons (Fsp3) is 0.667. The average molecular weight is 559 g/mol. The smallest absolute Gasteiger partial charge is 0.175 e. The Balaban J connectivity index is 1.15. The van der Waals surface area contributed by atoms with Gasteiger partial charge in [0.2, 0.25) is 0 Å². The van der Waals surface area contributed by atoms with Crippen LogP contribution in [0.5, 0.6) is 5.75 Å². The molecule has 4 aliphatic rings. The summed E-state index contributed by atoms with van der Waals surface area (Å²) in [6.45, 7) is 6.77. The topological polar surface area (TPSA) is 128 Å². The highest BCUT2D eigenvalue weighted by Gasteiger charge is 2.48. The number of fused-ring (bicyclic) bond motifs is 3. The first-order chi connectivity index (χ1) is 19.0. The molecule has 2 aromatic heterocycles. The van der Waals surface area contributed by atoms with Gasteiger partial charge in [-0.15, -0.1) is 0 Å². The highest BCUT2D eigenvalue weighted by atomic mass is 32.2. The number of aliphatic hydroxyl groups excluding tert-OH is 1. The number of nitrogens with zero attached hydrogens (tertiary/aromatic N) is 5. The van der Waals surface area contributed by atoms with E-state index in [1.54, 1.807) is 13.3 Å². The number of ether oxygens (including phenoxy) is 4. The Kier molecular flexibility index (Phi) is 7.84. The van der Waals surface area contributed by atoms with E-state index in [0.717, 1.165) is 67.8 Å². The Hall–Kier alpha value is -2.22. The lowest BCUT2D eigenvalue weighted by Gasteiger charge is -2.41. The lowest BCUT2D eigenvalue weighted by atomic mass is 9.73. The Morgan fingerprint density at radius 3 is 2.82 bits per heavy atom. The molecule has 0 bridgehead atoms. The second-order valence-electron chi connectivity index (χ2n) is 10.9. The molecule has 0 amide bonds. The first-order valence-corrected chi connectivity index (χ1v) is 14.6. The zero-order valence-corrected chi connectivity index (χ0v) is 23.4. The van der Waals surface area contributed by atoms with Crippen LogP contribution < -0.4 is 20.3 Å². The van der Waals surface area contributed by atoms with Crippen molar-refractivity contribution in [1.29, 1.82) is 0 Å². The molecule has 12 heteroatoms. The number of hydrogen-bond donors (Lipinski definition) is 2. The van der Waals surface area contributed by atoms with E-state index >= 15 is 0 Å². The van der Waals surface area contributed by atoms with Crippen molar-refractivity contribution in [2.24, 2.45) is 11.1 Å². The molecule has 212 valence electrons. The summed E-state index contributed by atoms with van der Waals surface area (Å²) in [5.74, 6) is 2.34. The normalized spacial score (nSPS) is 27.5. The van der Waals surface area contributed by atoms with Crippen molar-refractivity contribution in [3.63, 3.8) is 0 Å². The number of hydrogen-bond acceptors (Lipinski definition) is 12. The molecule has 3 N–H and O–H groups in total. The van der Waals surface area contributed by atoms with Crippen LogP contribution in [0.25, 0.3) is 0 Å². The largest absolute Gasteiger partial charge is 0.486 e. The molecular weight excluding hydrogens is 520 g/mol. The van der Waals surface area contributed by atoms with E-state index in [9.17, 15) is 5.11 Å². The van der Waals surface area contributed by atoms with Crippen LogP contribution >= 0.6 is 11.8 Å². The average Bonchev–Trinajstić information content (AvgIpc) is 3.50. The molecule has 2 aromatic rings. The van der Waals surface area contributed by atoms with Gasteiger partial charge in [0.15, 0.2) is 17.4 Å². The Morgan fingerprint density at radius 2 is 2.08 bits per heavy atom. The maximum Gasteiger partial charge on any atom is 0.175 e. The van der Waals surface area contributed by atoms with E-state index in [2.05, 4.69) is 21.7 Å². The minimum absolute atomic E-state index is 0.0311. The monoisotopic (exact) mass is 558 g/mol. The molecule has 0 aliphatic carbocycles. The van der Waals surface area contributed by atoms with Gasteiger partial charge in [-0.05, 0) is 32.3 Å². The van der Waals surface area contributed by atoms with Gasteiger partial charge in [-0.3, -0.25) is 0 Å². The van der Waals surface area contributed by atoms with Crippen LogP contribution in [0.4, 0.5) is 11.6 Å². The molecule has 39 heavy (non-hydrogen) atoms. The van der Waals surface area contributed by atoms with Crippen molar-refractivity contribution in [2.75, 3.05) is 63.0 Å². The van der Waals surface area contributed by atoms with E-state index in [0.29, 0.717) is 30.5 Å². The van der Waals surface area contributed by atoms with E-state index in [1.807, 2.05) is 12.3 Å². The van der Waals surface area contributed by atoms with E-state index in [4.69, 9.17) is 34.6 Å². The van der Waals surface area contributed by atoms with Gasteiger partial charge >= 0.3 is 0 Å². The van der Waals surface area contributed by atoms with Crippen LogP contribution in [0.3, 0.4) is 0 Å². The van der Waals surface area contributed by atoms with Gasteiger partial charge < -0.3 is 39.6 Å². The number of rotatable bonds is 8. The summed E-state index contributed by atoms with van der Waals surface area (Å²) in [5, 5.41) is 10.9. The molecule has 1 spiro atoms. The fourth-order valence-corrected chi connectivity index (χ4v) is 7.16. The summed E-state index contributed by atoms with van der Waals surface area (Å²) in [7, 11) is 1.68. The van der Waals surface area contributed by atoms with Crippen LogP contribution in [-0.2, 0) is 20.8 Å². The molecule has 0 aromatic carbocycles. The molecule has 3 saturated heterocycles. The zero-order chi connectivity index (χ0) is 27.0. The number of aliphatic hydroxyl groups is 1. The van der Waals surface area contributed by atoms with Crippen molar-refractivity contribution in [2.45, 2.75) is 67.0 Å². The molecule has 0 unspecified atom stereocenters. The van der Waals surface area contributed by atoms with Gasteiger partial charge in [-0.25, -0.2) is 15.0 Å². The lowest BCUT2D eigenvalue weighted by molar-refractivity contribution is 0.0261. The minimum Gasteiger partial charge on any atom is -0.486 e. The first kappa shape index (κ1) is 27.0. The highest BCUT2D eigenvalue weighted by Crippen LogP contribution is 2.45. The summed E-state index contributed by atoms with van der Waals surface area (Å²) in [6.07, 6.45) is 6.61. The first-order valence-electron chi connectivity index (χ1n) is 13.8. The van der Waals surface area contributed by atoms with Crippen LogP contribution in [0, 0.1) is 5.41 Å². The Morgan fingerprint density at radius 1 is 1.23 bits per heavy atom. The summed E-state index contributed by atoms with van der Waals surface area (Å²) in [4.78, 5) is 19.6. The predicted molar refractivity (Wildman–Crippen MR) is 146 cm³/mol. The van der Waals surface area contributed by atoms with Crippen LogP contribution in [-0.4, -0.2) is 97.5 Å². The zero-order valence-electron chi connectivity index (χ0n) is 22.6. The molecule has 11 nitrogen and oxygen atoms in total. The van der Waals surface area contributed by atoms with Gasteiger partial charge in [-0.1, -0.05) is 11.8 Å². The number of nitrogens with two attached hydrogens (primary N) is 1. The van der Waals surface area contributed by atoms with Crippen molar-refractivity contribution < 1.29 is 24.1 Å². The van der Waals surface area contributed by atoms with Gasteiger partial charge in [0.05, 0.1) is 55.8 Å². The lowest BCUT2D eigenvalue weighted by Crippen LogP contribution is -2.51. The van der Waals surface area contributed by atoms with E-state index < -0.39 is 0 Å². The third-order valence-electron chi connectivity index (χ3n) is 8.63. The SMILES string of the molecule is COCCO[C@H]1C[C@H]2COc3c(Sc4cnc(N5CCC6(CC5)CO[C@@H](C)[C@H]6N)c(CO)n4)ccnc3N2C1. The van der Waals surface area contributed by atoms with Crippen LogP contribution in [0.1, 0.15) is 31.9 Å². The van der Waals surface area contributed by atoms with Gasteiger partial charge in [0.25, 0.3) is 0 Å². The summed E-state index contributed by atoms with van der Waals surface area (Å²) in [5.41, 5.74) is 7.10. The number of methoxy groups -OCH3 is 1. The standard InChI is InChI=1S/C27H38N6O5S/c1-17-24(28)27(16-38-17)4-7-32(8-5-27)25-20(14-34)31-22(12-30-25)39-21-3-6-29-26-23(21)37-15-18-11-19(13-33(18)26)36-10-9-35-2/h3,6,12,17-19,24,34H,4-5,7-11,13-16,28H2,1-2H3/t17-,18-,19-,24+/m0/s1. The molecule has 3 fully saturated rings. The van der Waals surface area contributed by atoms with Crippen LogP contribution in [0.2, 0.25) is 0 Å². The van der Waals surface area contributed by atoms with Gasteiger partial charge in [0.1, 0.15) is 17.3 Å². The third kappa shape index (κ3) is 5.18. The molecule has 6 heterocycles. The summed E-state index contributed by atoms with van der Waals surface area (Å²) < 4.78 is 23.2. The number of piperidine rings is 1. The minimum atomic E-state index is -0.178. The highest BCUT2D eigenvalue weighted by molar-refractivity contribution is 7.99. The molecule has 0 radical (unpaired) electrons. The summed E-state index contributed by atoms with van der Waals surface area (Å²) >= 11 is 1.48.